The molecule has 0 radical (unpaired) electrons. The van der Waals surface area contributed by atoms with Crippen molar-refractivity contribution in [2.45, 2.75) is 57.7 Å². The van der Waals surface area contributed by atoms with Crippen LogP contribution in [0.15, 0.2) is 30.3 Å². The minimum atomic E-state index is 0.677. The summed E-state index contributed by atoms with van der Waals surface area (Å²) in [6.45, 7) is 7.20. The minimum Gasteiger partial charge on any atom is -0.311 e. The Morgan fingerprint density at radius 2 is 2.00 bits per heavy atom. The van der Waals surface area contributed by atoms with Crippen LogP contribution in [0.5, 0.6) is 0 Å². The van der Waals surface area contributed by atoms with Crippen LogP contribution in [0.3, 0.4) is 0 Å². The second kappa shape index (κ2) is 6.28. The fourth-order valence-corrected chi connectivity index (χ4v) is 3.53. The molecule has 110 valence electrons. The van der Waals surface area contributed by atoms with Gasteiger partial charge in [0.1, 0.15) is 0 Å². The normalized spacial score (nSPS) is 29.3. The van der Waals surface area contributed by atoms with E-state index in [9.17, 15) is 0 Å². The van der Waals surface area contributed by atoms with Gasteiger partial charge in [-0.25, -0.2) is 0 Å². The molecule has 1 saturated heterocycles. The molecule has 2 heteroatoms. The minimum absolute atomic E-state index is 0.677. The molecule has 2 nitrogen and oxygen atoms in total. The van der Waals surface area contributed by atoms with Crippen molar-refractivity contribution < 1.29 is 0 Å². The molecule has 0 spiro atoms. The first kappa shape index (κ1) is 14.1. The molecule has 1 aliphatic carbocycles. The van der Waals surface area contributed by atoms with E-state index < -0.39 is 0 Å². The Balaban J connectivity index is 1.53. The van der Waals surface area contributed by atoms with Gasteiger partial charge in [-0.3, -0.25) is 4.90 Å². The molecule has 0 bridgehead atoms. The third-order valence-corrected chi connectivity index (χ3v) is 5.10. The molecule has 20 heavy (non-hydrogen) atoms. The predicted octanol–water partition coefficient (Wildman–Crippen LogP) is 3.08. The monoisotopic (exact) mass is 272 g/mol. The average Bonchev–Trinajstić information content (AvgIpc) is 3.31. The molecule has 3 unspecified atom stereocenters. The van der Waals surface area contributed by atoms with Crippen LogP contribution in [-0.2, 0) is 6.42 Å². The van der Waals surface area contributed by atoms with Gasteiger partial charge in [-0.2, -0.15) is 0 Å². The van der Waals surface area contributed by atoms with Gasteiger partial charge in [-0.15, -0.1) is 0 Å². The zero-order valence-corrected chi connectivity index (χ0v) is 12.9. The Hall–Kier alpha value is -0.860. The lowest BCUT2D eigenvalue weighted by molar-refractivity contribution is 0.0885. The van der Waals surface area contributed by atoms with Crippen molar-refractivity contribution >= 4 is 0 Å². The quantitative estimate of drug-likeness (QED) is 0.886. The summed E-state index contributed by atoms with van der Waals surface area (Å²) in [6.07, 6.45) is 5.36. The third kappa shape index (κ3) is 3.42. The van der Waals surface area contributed by atoms with E-state index >= 15 is 0 Å². The van der Waals surface area contributed by atoms with Crippen molar-refractivity contribution in [2.24, 2.45) is 5.92 Å². The molecular formula is C18H28N2. The van der Waals surface area contributed by atoms with Gasteiger partial charge in [-0.05, 0) is 51.0 Å². The van der Waals surface area contributed by atoms with Crippen LogP contribution in [0, 0.1) is 5.92 Å². The highest BCUT2D eigenvalue weighted by Crippen LogP contribution is 2.34. The predicted molar refractivity (Wildman–Crippen MR) is 84.9 cm³/mol. The van der Waals surface area contributed by atoms with E-state index in [1.54, 1.807) is 0 Å². The smallest absolute Gasteiger partial charge is 0.0224 e. The van der Waals surface area contributed by atoms with Crippen LogP contribution < -0.4 is 5.32 Å². The summed E-state index contributed by atoms with van der Waals surface area (Å²) in [5.41, 5.74) is 1.47. The summed E-state index contributed by atoms with van der Waals surface area (Å²) in [7, 11) is 0. The SMILES string of the molecule is CC(CCc1ccccc1)N1CC(C2CC2)NCC1C. The molecule has 1 heterocycles. The van der Waals surface area contributed by atoms with E-state index in [-0.39, 0.29) is 0 Å². The number of benzene rings is 1. The summed E-state index contributed by atoms with van der Waals surface area (Å²) >= 11 is 0. The van der Waals surface area contributed by atoms with E-state index in [1.807, 2.05) is 0 Å². The van der Waals surface area contributed by atoms with Gasteiger partial charge in [0.2, 0.25) is 0 Å². The molecule has 1 aliphatic heterocycles. The highest BCUT2D eigenvalue weighted by atomic mass is 15.2. The lowest BCUT2D eigenvalue weighted by Gasteiger charge is -2.42. The summed E-state index contributed by atoms with van der Waals surface area (Å²) in [5.74, 6) is 0.964. The van der Waals surface area contributed by atoms with Crippen LogP contribution in [-0.4, -0.2) is 36.1 Å². The number of piperazine rings is 1. The molecule has 1 aromatic rings. The van der Waals surface area contributed by atoms with Gasteiger partial charge >= 0.3 is 0 Å². The molecule has 0 aromatic heterocycles. The Bertz CT molecular complexity index is 413. The number of nitrogens with one attached hydrogen (secondary N) is 1. The van der Waals surface area contributed by atoms with Crippen LogP contribution in [0.1, 0.15) is 38.7 Å². The highest BCUT2D eigenvalue weighted by molar-refractivity contribution is 5.14. The maximum Gasteiger partial charge on any atom is 0.0224 e. The van der Waals surface area contributed by atoms with Crippen LogP contribution >= 0.6 is 0 Å². The van der Waals surface area contributed by atoms with Crippen molar-refractivity contribution in [3.8, 4) is 0 Å². The molecule has 2 fully saturated rings. The van der Waals surface area contributed by atoms with Gasteiger partial charge in [0.15, 0.2) is 0 Å². The van der Waals surface area contributed by atoms with Gasteiger partial charge in [0, 0.05) is 31.2 Å². The van der Waals surface area contributed by atoms with Crippen molar-refractivity contribution in [1.29, 1.82) is 0 Å². The van der Waals surface area contributed by atoms with Crippen LogP contribution in [0.4, 0.5) is 0 Å². The standard InChI is InChI=1S/C18H28N2/c1-14(8-9-16-6-4-3-5-7-16)20-13-18(17-10-11-17)19-12-15(20)2/h3-7,14-15,17-19H,8-13H2,1-2H3. The lowest BCUT2D eigenvalue weighted by Crippen LogP contribution is -2.58. The maximum atomic E-state index is 3.75. The summed E-state index contributed by atoms with van der Waals surface area (Å²) < 4.78 is 0. The van der Waals surface area contributed by atoms with Gasteiger partial charge in [-0.1, -0.05) is 30.3 Å². The molecule has 1 saturated carbocycles. The third-order valence-electron chi connectivity index (χ3n) is 5.10. The second-order valence-corrected chi connectivity index (χ2v) is 6.77. The molecule has 3 rings (SSSR count). The number of hydrogen-bond acceptors (Lipinski definition) is 2. The van der Waals surface area contributed by atoms with Crippen molar-refractivity contribution in [1.82, 2.24) is 10.2 Å². The van der Waals surface area contributed by atoms with E-state index in [1.165, 1.54) is 37.8 Å². The molecular weight excluding hydrogens is 244 g/mol. The number of nitrogens with zero attached hydrogens (tertiary/aromatic N) is 1. The largest absolute Gasteiger partial charge is 0.311 e. The first-order valence-corrected chi connectivity index (χ1v) is 8.27. The highest BCUT2D eigenvalue weighted by Gasteiger charge is 2.37. The molecule has 0 amide bonds. The first-order valence-electron chi connectivity index (χ1n) is 8.27. The Kier molecular flexibility index (Phi) is 4.42. The first-order chi connectivity index (χ1) is 9.74. The maximum absolute atomic E-state index is 3.75. The zero-order valence-electron chi connectivity index (χ0n) is 12.9. The van der Waals surface area contributed by atoms with Crippen molar-refractivity contribution in [2.75, 3.05) is 13.1 Å². The Labute approximate surface area is 123 Å². The Morgan fingerprint density at radius 1 is 1.25 bits per heavy atom. The molecule has 1 N–H and O–H groups in total. The van der Waals surface area contributed by atoms with Gasteiger partial charge in [0.25, 0.3) is 0 Å². The number of aryl methyl sites for hydroxylation is 1. The Morgan fingerprint density at radius 3 is 2.70 bits per heavy atom. The summed E-state index contributed by atoms with van der Waals surface area (Å²) in [6, 6.07) is 13.0. The van der Waals surface area contributed by atoms with Crippen LogP contribution in [0.25, 0.3) is 0 Å². The van der Waals surface area contributed by atoms with Gasteiger partial charge < -0.3 is 5.32 Å². The number of hydrogen-bond donors (Lipinski definition) is 1. The summed E-state index contributed by atoms with van der Waals surface area (Å²) in [5, 5.41) is 3.75. The summed E-state index contributed by atoms with van der Waals surface area (Å²) in [4.78, 5) is 2.74. The van der Waals surface area contributed by atoms with Crippen molar-refractivity contribution in [3.63, 3.8) is 0 Å². The molecule has 1 aromatic carbocycles. The topological polar surface area (TPSA) is 15.3 Å². The fraction of sp³-hybridized carbons (Fsp3) is 0.667. The lowest BCUT2D eigenvalue weighted by atomic mass is 10.00. The van der Waals surface area contributed by atoms with E-state index in [4.69, 9.17) is 0 Å². The fourth-order valence-electron chi connectivity index (χ4n) is 3.53. The molecule has 2 aliphatic rings. The van der Waals surface area contributed by atoms with Gasteiger partial charge in [0.05, 0.1) is 0 Å². The second-order valence-electron chi connectivity index (χ2n) is 6.77. The van der Waals surface area contributed by atoms with E-state index in [2.05, 4.69) is 54.4 Å². The van der Waals surface area contributed by atoms with Crippen LogP contribution in [0.2, 0.25) is 0 Å². The average molecular weight is 272 g/mol. The zero-order chi connectivity index (χ0) is 13.9. The van der Waals surface area contributed by atoms with E-state index in [0.717, 1.165) is 18.5 Å². The molecule has 3 atom stereocenters. The number of rotatable bonds is 5. The van der Waals surface area contributed by atoms with Crippen molar-refractivity contribution in [3.05, 3.63) is 35.9 Å². The van der Waals surface area contributed by atoms with E-state index in [0.29, 0.717) is 12.1 Å².